The van der Waals surface area contributed by atoms with Crippen LogP contribution in [0.25, 0.3) is 0 Å². The number of hydrogen-bond donors (Lipinski definition) is 2. The predicted octanol–water partition coefficient (Wildman–Crippen LogP) is 0.0636. The predicted molar refractivity (Wildman–Crippen MR) is 25.1 cm³/mol. The summed E-state index contributed by atoms with van der Waals surface area (Å²) in [6, 6.07) is 0. The average Bonchev–Trinajstić information content (AvgIpc) is 1.35. The van der Waals surface area contributed by atoms with Crippen molar-refractivity contribution in [1.29, 1.82) is 0 Å². The molecule has 0 aliphatic carbocycles. The Morgan fingerprint density at radius 3 is 2.00 bits per heavy atom. The first kappa shape index (κ1) is 5.92. The standard InChI is InChI=1S/C4H11NO/c1-3-4(2,5)6/h6H,3,5H2,1-2H3/t4-/m0/s1. The molecule has 0 spiro atoms. The second-order valence-electron chi connectivity index (χ2n) is 1.71. The van der Waals surface area contributed by atoms with Crippen LogP contribution in [0.5, 0.6) is 0 Å². The molecule has 2 nitrogen and oxygen atoms in total. The third-order valence-electron chi connectivity index (χ3n) is 0.716. The molecule has 38 valence electrons. The van der Waals surface area contributed by atoms with Crippen molar-refractivity contribution in [3.63, 3.8) is 0 Å². The fraction of sp³-hybridized carbons (Fsp3) is 1.00. The third-order valence-corrected chi connectivity index (χ3v) is 0.716. The minimum absolute atomic E-state index is 0.604. The van der Waals surface area contributed by atoms with Gasteiger partial charge >= 0.3 is 0 Å². The van der Waals surface area contributed by atoms with E-state index in [-0.39, 0.29) is 0 Å². The Kier molecular flexibility index (Phi) is 1.56. The van der Waals surface area contributed by atoms with Crippen LogP contribution in [0, 0.1) is 0 Å². The van der Waals surface area contributed by atoms with Gasteiger partial charge in [0.25, 0.3) is 0 Å². The molecule has 3 N–H and O–H groups in total. The molecule has 0 heterocycles. The Morgan fingerprint density at radius 1 is 1.83 bits per heavy atom. The number of aliphatic hydroxyl groups is 1. The van der Waals surface area contributed by atoms with Gasteiger partial charge in [-0.25, -0.2) is 0 Å². The zero-order chi connectivity index (χ0) is 5.21. The molecule has 0 aromatic carbocycles. The van der Waals surface area contributed by atoms with E-state index < -0.39 is 5.72 Å². The first-order valence-electron chi connectivity index (χ1n) is 2.07. The summed E-state index contributed by atoms with van der Waals surface area (Å²) in [6.45, 7) is 3.41. The summed E-state index contributed by atoms with van der Waals surface area (Å²) in [6.07, 6.45) is 0.604. The quantitative estimate of drug-likeness (QED) is 0.446. The highest BCUT2D eigenvalue weighted by Gasteiger charge is 2.06. The van der Waals surface area contributed by atoms with Gasteiger partial charge in [-0.1, -0.05) is 6.92 Å². The van der Waals surface area contributed by atoms with Crippen molar-refractivity contribution < 1.29 is 5.11 Å². The van der Waals surface area contributed by atoms with Crippen LogP contribution in [0.15, 0.2) is 0 Å². The zero-order valence-electron chi connectivity index (χ0n) is 4.23. The summed E-state index contributed by atoms with van der Waals surface area (Å²) in [5.41, 5.74) is 4.13. The van der Waals surface area contributed by atoms with Crippen LogP contribution in [0.1, 0.15) is 20.3 Å². The first-order chi connectivity index (χ1) is 2.56. The van der Waals surface area contributed by atoms with Gasteiger partial charge < -0.3 is 10.8 Å². The molecule has 0 fully saturated rings. The van der Waals surface area contributed by atoms with Gasteiger partial charge in [-0.2, -0.15) is 0 Å². The molecule has 0 saturated heterocycles. The number of nitrogens with two attached hydrogens (primary N) is 1. The van der Waals surface area contributed by atoms with Crippen LogP contribution in [0.2, 0.25) is 0 Å². The van der Waals surface area contributed by atoms with Crippen LogP contribution in [-0.4, -0.2) is 10.8 Å². The van der Waals surface area contributed by atoms with E-state index in [1.54, 1.807) is 6.92 Å². The van der Waals surface area contributed by atoms with Crippen LogP contribution in [0.4, 0.5) is 0 Å². The van der Waals surface area contributed by atoms with Gasteiger partial charge in [0.15, 0.2) is 0 Å². The molecule has 0 aliphatic rings. The average molecular weight is 89.1 g/mol. The van der Waals surface area contributed by atoms with Gasteiger partial charge in [0.2, 0.25) is 0 Å². The molecule has 0 aliphatic heterocycles. The second kappa shape index (κ2) is 1.58. The highest BCUT2D eigenvalue weighted by Crippen LogP contribution is 1.94. The van der Waals surface area contributed by atoms with E-state index in [0.717, 1.165) is 0 Å². The lowest BCUT2D eigenvalue weighted by atomic mass is 10.2. The molecule has 1 atom stereocenters. The summed E-state index contributed by atoms with van der Waals surface area (Å²) in [4.78, 5) is 0. The molecular formula is C4H11NO. The highest BCUT2D eigenvalue weighted by atomic mass is 16.3. The van der Waals surface area contributed by atoms with E-state index >= 15 is 0 Å². The first-order valence-corrected chi connectivity index (χ1v) is 2.07. The molecular weight excluding hydrogens is 78.0 g/mol. The molecule has 0 aromatic rings. The number of rotatable bonds is 1. The molecule has 0 radical (unpaired) electrons. The minimum Gasteiger partial charge on any atom is -0.376 e. The smallest absolute Gasteiger partial charge is 0.110 e. The summed E-state index contributed by atoms with van der Waals surface area (Å²) in [7, 11) is 0. The molecule has 0 bridgehead atoms. The minimum atomic E-state index is -0.958. The van der Waals surface area contributed by atoms with Crippen molar-refractivity contribution in [2.45, 2.75) is 26.0 Å². The molecule has 0 unspecified atom stereocenters. The maximum atomic E-state index is 8.60. The molecule has 2 heteroatoms. The molecule has 0 saturated carbocycles. The summed E-state index contributed by atoms with van der Waals surface area (Å²) < 4.78 is 0. The van der Waals surface area contributed by atoms with Crippen LogP contribution >= 0.6 is 0 Å². The lowest BCUT2D eigenvalue weighted by Gasteiger charge is -2.11. The fourth-order valence-electron chi connectivity index (χ4n) is 0. The summed E-state index contributed by atoms with van der Waals surface area (Å²) in [5.74, 6) is 0. The topological polar surface area (TPSA) is 46.2 Å². The van der Waals surface area contributed by atoms with Crippen molar-refractivity contribution in [3.05, 3.63) is 0 Å². The monoisotopic (exact) mass is 89.1 g/mol. The van der Waals surface area contributed by atoms with Crippen molar-refractivity contribution in [3.8, 4) is 0 Å². The molecule has 6 heavy (non-hydrogen) atoms. The SMILES string of the molecule is CC[C@@](C)(N)O. The van der Waals surface area contributed by atoms with Crippen molar-refractivity contribution in [2.75, 3.05) is 0 Å². The fourth-order valence-corrected chi connectivity index (χ4v) is 0. The third kappa shape index (κ3) is 3.92. The Balaban J connectivity index is 3.17. The van der Waals surface area contributed by atoms with Gasteiger partial charge in [-0.05, 0) is 13.3 Å². The second-order valence-corrected chi connectivity index (χ2v) is 1.71. The lowest BCUT2D eigenvalue weighted by molar-refractivity contribution is 0.0632. The van der Waals surface area contributed by atoms with Crippen LogP contribution in [-0.2, 0) is 0 Å². The van der Waals surface area contributed by atoms with Crippen LogP contribution in [0.3, 0.4) is 0 Å². The largest absolute Gasteiger partial charge is 0.376 e. The highest BCUT2D eigenvalue weighted by molar-refractivity contribution is 4.56. The normalized spacial score (nSPS) is 20.0. The lowest BCUT2D eigenvalue weighted by Crippen LogP contribution is -2.34. The summed E-state index contributed by atoms with van der Waals surface area (Å²) >= 11 is 0. The van der Waals surface area contributed by atoms with Crippen LogP contribution < -0.4 is 5.73 Å². The maximum absolute atomic E-state index is 8.60. The van der Waals surface area contributed by atoms with Crippen molar-refractivity contribution in [2.24, 2.45) is 5.73 Å². The van der Waals surface area contributed by atoms with Gasteiger partial charge in [-0.3, -0.25) is 0 Å². The van der Waals surface area contributed by atoms with E-state index in [1.807, 2.05) is 6.92 Å². The molecule has 0 aromatic heterocycles. The van der Waals surface area contributed by atoms with Gasteiger partial charge in [0.1, 0.15) is 5.72 Å². The van der Waals surface area contributed by atoms with Gasteiger partial charge in [0.05, 0.1) is 0 Å². The van der Waals surface area contributed by atoms with Crippen molar-refractivity contribution >= 4 is 0 Å². The Hall–Kier alpha value is -0.0800. The van der Waals surface area contributed by atoms with Gasteiger partial charge in [-0.15, -0.1) is 0 Å². The van der Waals surface area contributed by atoms with E-state index in [4.69, 9.17) is 10.8 Å². The van der Waals surface area contributed by atoms with Gasteiger partial charge in [0, 0.05) is 0 Å². The number of hydrogen-bond acceptors (Lipinski definition) is 2. The van der Waals surface area contributed by atoms with Crippen molar-refractivity contribution in [1.82, 2.24) is 0 Å². The molecule has 0 rings (SSSR count). The Morgan fingerprint density at radius 2 is 2.00 bits per heavy atom. The zero-order valence-corrected chi connectivity index (χ0v) is 4.23. The summed E-state index contributed by atoms with van der Waals surface area (Å²) in [5, 5.41) is 8.60. The molecule has 0 amide bonds. The van der Waals surface area contributed by atoms with E-state index in [0.29, 0.717) is 6.42 Å². The Labute approximate surface area is 38.0 Å². The van der Waals surface area contributed by atoms with E-state index in [9.17, 15) is 0 Å². The Bertz CT molecular complexity index is 37.3. The van der Waals surface area contributed by atoms with E-state index in [1.165, 1.54) is 0 Å². The maximum Gasteiger partial charge on any atom is 0.110 e. The van der Waals surface area contributed by atoms with E-state index in [2.05, 4.69) is 0 Å².